The summed E-state index contributed by atoms with van der Waals surface area (Å²) in [6, 6.07) is 1.75. The van der Waals surface area contributed by atoms with Crippen molar-refractivity contribution in [3.8, 4) is 0 Å². The number of nitrogens with one attached hydrogen (secondary N) is 2. The minimum atomic E-state index is -3.41. The summed E-state index contributed by atoms with van der Waals surface area (Å²) in [6.45, 7) is 8.40. The predicted octanol–water partition coefficient (Wildman–Crippen LogP) is 2.24. The van der Waals surface area contributed by atoms with Crippen molar-refractivity contribution >= 4 is 10.0 Å². The third-order valence-corrected chi connectivity index (χ3v) is 5.23. The van der Waals surface area contributed by atoms with Crippen LogP contribution in [-0.4, -0.2) is 26.1 Å². The number of sulfonamides is 1. The Morgan fingerprint density at radius 3 is 2.48 bits per heavy atom. The van der Waals surface area contributed by atoms with Gasteiger partial charge in [0.1, 0.15) is 0 Å². The molecule has 0 aliphatic rings. The highest BCUT2D eigenvalue weighted by molar-refractivity contribution is 7.89. The second kappa shape index (κ2) is 8.56. The minimum Gasteiger partial charge on any atom is -0.352 e. The van der Waals surface area contributed by atoms with Crippen LogP contribution in [0.25, 0.3) is 0 Å². The van der Waals surface area contributed by atoms with Crippen LogP contribution in [0.5, 0.6) is 0 Å². The first-order chi connectivity index (χ1) is 9.94. The normalized spacial score (nSPS) is 12.2. The molecule has 0 aliphatic heterocycles. The molecule has 0 aromatic carbocycles. The van der Waals surface area contributed by atoms with Crippen LogP contribution < -0.4 is 10.0 Å². The van der Waals surface area contributed by atoms with Crippen LogP contribution in [0.15, 0.2) is 17.2 Å². The van der Waals surface area contributed by atoms with Crippen molar-refractivity contribution in [2.45, 2.75) is 51.5 Å². The third kappa shape index (κ3) is 5.45. The van der Waals surface area contributed by atoms with E-state index in [2.05, 4.69) is 30.8 Å². The molecular weight excluding hydrogens is 286 g/mol. The monoisotopic (exact) mass is 315 g/mol. The van der Waals surface area contributed by atoms with Crippen molar-refractivity contribution in [3.05, 3.63) is 18.0 Å². The third-order valence-electron chi connectivity index (χ3n) is 3.84. The molecular formula is C15H29N3O2S. The molecule has 0 spiro atoms. The molecule has 1 aromatic heterocycles. The number of rotatable bonds is 10. The molecule has 0 fully saturated rings. The molecule has 0 amide bonds. The lowest BCUT2D eigenvalue weighted by Crippen LogP contribution is -2.28. The Labute approximate surface area is 129 Å². The minimum absolute atomic E-state index is 0.351. The van der Waals surface area contributed by atoms with Crippen molar-refractivity contribution in [2.24, 2.45) is 13.0 Å². The maximum Gasteiger partial charge on any atom is 0.242 e. The molecule has 1 heterocycles. The highest BCUT2D eigenvalue weighted by Gasteiger charge is 2.18. The fourth-order valence-corrected chi connectivity index (χ4v) is 3.39. The molecule has 0 saturated carbocycles. The molecule has 1 rings (SSSR count). The Hall–Kier alpha value is -0.850. The van der Waals surface area contributed by atoms with Crippen molar-refractivity contribution in [2.75, 3.05) is 13.1 Å². The van der Waals surface area contributed by atoms with Gasteiger partial charge >= 0.3 is 0 Å². The summed E-state index contributed by atoms with van der Waals surface area (Å²) in [5, 5.41) is 3.29. The maximum absolute atomic E-state index is 12.3. The van der Waals surface area contributed by atoms with E-state index in [0.29, 0.717) is 23.9 Å². The lowest BCUT2D eigenvalue weighted by molar-refractivity contribution is 0.479. The van der Waals surface area contributed by atoms with E-state index in [-0.39, 0.29) is 0 Å². The van der Waals surface area contributed by atoms with Gasteiger partial charge in [-0.05, 0) is 24.9 Å². The Morgan fingerprint density at radius 2 is 1.90 bits per heavy atom. The van der Waals surface area contributed by atoms with Gasteiger partial charge in [0, 0.05) is 32.0 Å². The van der Waals surface area contributed by atoms with E-state index in [9.17, 15) is 8.42 Å². The van der Waals surface area contributed by atoms with Crippen molar-refractivity contribution in [1.29, 1.82) is 0 Å². The van der Waals surface area contributed by atoms with E-state index in [4.69, 9.17) is 0 Å². The number of aromatic nitrogens is 1. The Bertz CT molecular complexity index is 519. The number of nitrogens with zero attached hydrogens (tertiary/aromatic N) is 1. The number of hydrogen-bond donors (Lipinski definition) is 2. The number of aryl methyl sites for hydroxylation is 1. The van der Waals surface area contributed by atoms with Gasteiger partial charge in [-0.1, -0.05) is 33.6 Å². The molecule has 0 aliphatic carbocycles. The summed E-state index contributed by atoms with van der Waals surface area (Å²) in [5.74, 6) is 0.397. The maximum atomic E-state index is 12.3. The second-order valence-electron chi connectivity index (χ2n) is 5.49. The zero-order valence-electron chi connectivity index (χ0n) is 13.6. The molecule has 21 heavy (non-hydrogen) atoms. The molecule has 0 saturated heterocycles. The van der Waals surface area contributed by atoms with Gasteiger partial charge in [-0.2, -0.15) is 0 Å². The summed E-state index contributed by atoms with van der Waals surface area (Å²) >= 11 is 0. The standard InChI is InChI=1S/C15H29N3O2S/c1-5-8-16-11-14-9-15(12-18(14)4)21(19,20)17-10-13(6-2)7-3/h9,12-13,16-17H,5-8,10-11H2,1-4H3. The lowest BCUT2D eigenvalue weighted by atomic mass is 10.0. The first-order valence-electron chi connectivity index (χ1n) is 7.80. The average molecular weight is 315 g/mol. The molecule has 122 valence electrons. The lowest BCUT2D eigenvalue weighted by Gasteiger charge is -2.12. The zero-order chi connectivity index (χ0) is 15.9. The molecule has 6 heteroatoms. The molecule has 2 N–H and O–H groups in total. The topological polar surface area (TPSA) is 63.1 Å². The largest absolute Gasteiger partial charge is 0.352 e. The van der Waals surface area contributed by atoms with Gasteiger partial charge in [-0.25, -0.2) is 13.1 Å². The van der Waals surface area contributed by atoms with Crippen molar-refractivity contribution in [1.82, 2.24) is 14.6 Å². The van der Waals surface area contributed by atoms with Crippen LogP contribution >= 0.6 is 0 Å². The van der Waals surface area contributed by atoms with Gasteiger partial charge in [0.15, 0.2) is 0 Å². The van der Waals surface area contributed by atoms with Crippen LogP contribution in [0.4, 0.5) is 0 Å². The van der Waals surface area contributed by atoms with Crippen LogP contribution in [0.2, 0.25) is 0 Å². The smallest absolute Gasteiger partial charge is 0.242 e. The van der Waals surface area contributed by atoms with Crippen LogP contribution in [0, 0.1) is 5.92 Å². The van der Waals surface area contributed by atoms with E-state index in [1.165, 1.54) is 0 Å². The summed E-state index contributed by atoms with van der Waals surface area (Å²) in [7, 11) is -1.53. The first kappa shape index (κ1) is 18.2. The van der Waals surface area contributed by atoms with E-state index in [1.54, 1.807) is 12.3 Å². The van der Waals surface area contributed by atoms with Gasteiger partial charge in [-0.15, -0.1) is 0 Å². The Kier molecular flexibility index (Phi) is 7.42. The summed E-state index contributed by atoms with van der Waals surface area (Å²) in [5.41, 5.74) is 0.978. The SMILES string of the molecule is CCCNCc1cc(S(=O)(=O)NCC(CC)CC)cn1C. The zero-order valence-corrected chi connectivity index (χ0v) is 14.5. The van der Waals surface area contributed by atoms with Crippen LogP contribution in [-0.2, 0) is 23.6 Å². The summed E-state index contributed by atoms with van der Waals surface area (Å²) in [6.07, 6.45) is 4.71. The highest BCUT2D eigenvalue weighted by atomic mass is 32.2. The molecule has 0 radical (unpaired) electrons. The highest BCUT2D eigenvalue weighted by Crippen LogP contribution is 2.14. The summed E-state index contributed by atoms with van der Waals surface area (Å²) < 4.78 is 29.2. The van der Waals surface area contributed by atoms with E-state index < -0.39 is 10.0 Å². The first-order valence-corrected chi connectivity index (χ1v) is 9.28. The molecule has 0 atom stereocenters. The van der Waals surface area contributed by atoms with Crippen molar-refractivity contribution < 1.29 is 8.42 Å². The van der Waals surface area contributed by atoms with Gasteiger partial charge in [-0.3, -0.25) is 0 Å². The summed E-state index contributed by atoms with van der Waals surface area (Å²) in [4.78, 5) is 0.351. The Balaban J connectivity index is 2.72. The average Bonchev–Trinajstić information content (AvgIpc) is 2.82. The van der Waals surface area contributed by atoms with E-state index in [0.717, 1.165) is 31.5 Å². The van der Waals surface area contributed by atoms with Crippen LogP contribution in [0.1, 0.15) is 45.7 Å². The second-order valence-corrected chi connectivity index (χ2v) is 7.26. The van der Waals surface area contributed by atoms with Crippen molar-refractivity contribution in [3.63, 3.8) is 0 Å². The van der Waals surface area contributed by atoms with Gasteiger partial charge in [0.05, 0.1) is 4.90 Å². The fourth-order valence-electron chi connectivity index (χ4n) is 2.18. The Morgan fingerprint density at radius 1 is 1.24 bits per heavy atom. The predicted molar refractivity (Wildman–Crippen MR) is 86.7 cm³/mol. The molecule has 1 aromatic rings. The number of hydrogen-bond acceptors (Lipinski definition) is 3. The van der Waals surface area contributed by atoms with Crippen LogP contribution in [0.3, 0.4) is 0 Å². The quantitative estimate of drug-likeness (QED) is 0.651. The van der Waals surface area contributed by atoms with E-state index >= 15 is 0 Å². The van der Waals surface area contributed by atoms with Gasteiger partial charge in [0.25, 0.3) is 0 Å². The molecule has 0 unspecified atom stereocenters. The van der Waals surface area contributed by atoms with Gasteiger partial charge in [0.2, 0.25) is 10.0 Å². The molecule has 5 nitrogen and oxygen atoms in total. The fraction of sp³-hybridized carbons (Fsp3) is 0.733. The van der Waals surface area contributed by atoms with Gasteiger partial charge < -0.3 is 9.88 Å². The van der Waals surface area contributed by atoms with E-state index in [1.807, 2.05) is 11.6 Å². The molecule has 0 bridgehead atoms.